The Morgan fingerprint density at radius 2 is 2.00 bits per heavy atom. The third-order valence-corrected chi connectivity index (χ3v) is 2.20. The van der Waals surface area contributed by atoms with Gasteiger partial charge < -0.3 is 15.8 Å². The van der Waals surface area contributed by atoms with E-state index < -0.39 is 6.61 Å². The summed E-state index contributed by atoms with van der Waals surface area (Å²) in [4.78, 5) is 11.9. The first-order valence-electron chi connectivity index (χ1n) is 5.10. The van der Waals surface area contributed by atoms with Crippen molar-refractivity contribution in [3.8, 4) is 5.75 Å². The lowest BCUT2D eigenvalue weighted by Gasteiger charge is -2.06. The number of alkyl halides is 2. The van der Waals surface area contributed by atoms with Crippen LogP contribution in [0.2, 0.25) is 0 Å². The van der Waals surface area contributed by atoms with E-state index >= 15 is 0 Å². The van der Waals surface area contributed by atoms with E-state index in [1.807, 2.05) is 0 Å². The highest BCUT2D eigenvalue weighted by atomic mass is 32.1. The summed E-state index contributed by atoms with van der Waals surface area (Å²) in [7, 11) is 0. The summed E-state index contributed by atoms with van der Waals surface area (Å²) in [5, 5.41) is 2.60. The van der Waals surface area contributed by atoms with Gasteiger partial charge in [-0.3, -0.25) is 4.79 Å². The summed E-state index contributed by atoms with van der Waals surface area (Å²) in [5.41, 5.74) is 5.62. The van der Waals surface area contributed by atoms with Crippen molar-refractivity contribution in [3.05, 3.63) is 29.8 Å². The first kappa shape index (κ1) is 14.3. The number of halogens is 2. The van der Waals surface area contributed by atoms with Crippen molar-refractivity contribution in [3.63, 3.8) is 0 Å². The number of hydrogen-bond acceptors (Lipinski definition) is 3. The topological polar surface area (TPSA) is 64.3 Å². The molecule has 0 aliphatic carbocycles. The third-order valence-electron chi connectivity index (χ3n) is 2.00. The Labute approximate surface area is 108 Å². The standard InChI is InChI=1S/C11H12F2N2O2S/c12-11(13)17-8-3-1-7(2-4-8)10(16)15-6-5-9(14)18/h1-4,11H,5-6H2,(H2,14,18)(H,15,16). The van der Waals surface area contributed by atoms with E-state index in [-0.39, 0.29) is 11.7 Å². The normalized spacial score (nSPS) is 10.2. The Balaban J connectivity index is 2.51. The van der Waals surface area contributed by atoms with Gasteiger partial charge >= 0.3 is 6.61 Å². The molecular weight excluding hydrogens is 262 g/mol. The first-order chi connectivity index (χ1) is 8.49. The molecule has 0 heterocycles. The van der Waals surface area contributed by atoms with Crippen molar-refractivity contribution < 1.29 is 18.3 Å². The van der Waals surface area contributed by atoms with Crippen LogP contribution in [-0.4, -0.2) is 24.1 Å². The summed E-state index contributed by atoms with van der Waals surface area (Å²) in [5.74, 6) is -0.320. The fraction of sp³-hybridized carbons (Fsp3) is 0.273. The minimum absolute atomic E-state index is 0.00434. The molecule has 0 aliphatic rings. The number of carbonyl (C=O) groups is 1. The molecule has 1 aromatic carbocycles. The molecule has 0 atom stereocenters. The zero-order chi connectivity index (χ0) is 13.5. The number of amides is 1. The molecule has 0 aliphatic heterocycles. The zero-order valence-corrected chi connectivity index (χ0v) is 10.2. The fourth-order valence-corrected chi connectivity index (χ4v) is 1.29. The molecule has 0 saturated heterocycles. The average Bonchev–Trinajstić information content (AvgIpc) is 2.28. The van der Waals surface area contributed by atoms with Gasteiger partial charge in [-0.2, -0.15) is 8.78 Å². The molecule has 0 spiro atoms. The molecular formula is C11H12F2N2O2S. The maximum Gasteiger partial charge on any atom is 0.387 e. The summed E-state index contributed by atoms with van der Waals surface area (Å²) >= 11 is 4.66. The quantitative estimate of drug-likeness (QED) is 0.775. The van der Waals surface area contributed by atoms with E-state index in [1.54, 1.807) is 0 Å². The average molecular weight is 274 g/mol. The smallest absolute Gasteiger partial charge is 0.387 e. The number of hydrogen-bond donors (Lipinski definition) is 2. The van der Waals surface area contributed by atoms with Crippen LogP contribution in [0.3, 0.4) is 0 Å². The highest BCUT2D eigenvalue weighted by molar-refractivity contribution is 7.80. The predicted molar refractivity (Wildman–Crippen MR) is 66.8 cm³/mol. The van der Waals surface area contributed by atoms with Gasteiger partial charge in [0.25, 0.3) is 5.91 Å². The SMILES string of the molecule is NC(=S)CCNC(=O)c1ccc(OC(F)F)cc1. The molecule has 3 N–H and O–H groups in total. The van der Waals surface area contributed by atoms with Gasteiger partial charge in [0.1, 0.15) is 5.75 Å². The van der Waals surface area contributed by atoms with E-state index in [1.165, 1.54) is 24.3 Å². The van der Waals surface area contributed by atoms with Crippen LogP contribution in [0.15, 0.2) is 24.3 Å². The van der Waals surface area contributed by atoms with Crippen LogP contribution in [0.25, 0.3) is 0 Å². The minimum Gasteiger partial charge on any atom is -0.435 e. The van der Waals surface area contributed by atoms with E-state index in [4.69, 9.17) is 5.73 Å². The Bertz CT molecular complexity index is 424. The molecule has 0 bridgehead atoms. The maximum atomic E-state index is 11.9. The summed E-state index contributed by atoms with van der Waals surface area (Å²) in [6.45, 7) is -2.54. The largest absolute Gasteiger partial charge is 0.435 e. The Hall–Kier alpha value is -1.76. The van der Waals surface area contributed by atoms with Crippen molar-refractivity contribution >= 4 is 23.1 Å². The first-order valence-corrected chi connectivity index (χ1v) is 5.51. The maximum absolute atomic E-state index is 11.9. The van der Waals surface area contributed by atoms with Gasteiger partial charge in [-0.1, -0.05) is 12.2 Å². The summed E-state index contributed by atoms with van der Waals surface area (Å²) < 4.78 is 28.0. The molecule has 0 saturated carbocycles. The number of ether oxygens (including phenoxy) is 1. The molecule has 1 amide bonds. The molecule has 0 radical (unpaired) electrons. The van der Waals surface area contributed by atoms with E-state index in [9.17, 15) is 13.6 Å². The molecule has 7 heteroatoms. The van der Waals surface area contributed by atoms with Crippen LogP contribution >= 0.6 is 12.2 Å². The van der Waals surface area contributed by atoms with Gasteiger partial charge in [0, 0.05) is 18.5 Å². The Morgan fingerprint density at radius 1 is 1.39 bits per heavy atom. The van der Waals surface area contributed by atoms with Crippen molar-refractivity contribution in [1.82, 2.24) is 5.32 Å². The van der Waals surface area contributed by atoms with Crippen molar-refractivity contribution in [2.24, 2.45) is 5.73 Å². The van der Waals surface area contributed by atoms with Gasteiger partial charge in [-0.15, -0.1) is 0 Å². The summed E-state index contributed by atoms with van der Waals surface area (Å²) in [6, 6.07) is 5.39. The Morgan fingerprint density at radius 3 is 2.50 bits per heavy atom. The van der Waals surface area contributed by atoms with Crippen LogP contribution in [0, 0.1) is 0 Å². The molecule has 1 rings (SSSR count). The lowest BCUT2D eigenvalue weighted by Crippen LogP contribution is -2.27. The van der Waals surface area contributed by atoms with E-state index in [0.29, 0.717) is 23.5 Å². The van der Waals surface area contributed by atoms with Crippen LogP contribution < -0.4 is 15.8 Å². The zero-order valence-electron chi connectivity index (χ0n) is 9.36. The highest BCUT2D eigenvalue weighted by Gasteiger charge is 2.07. The second-order valence-electron chi connectivity index (χ2n) is 3.38. The van der Waals surface area contributed by atoms with Gasteiger partial charge in [0.15, 0.2) is 0 Å². The number of nitrogens with two attached hydrogens (primary N) is 1. The van der Waals surface area contributed by atoms with Crippen LogP contribution in [0.1, 0.15) is 16.8 Å². The van der Waals surface area contributed by atoms with Gasteiger partial charge in [-0.25, -0.2) is 0 Å². The van der Waals surface area contributed by atoms with E-state index in [0.717, 1.165) is 0 Å². The third kappa shape index (κ3) is 5.05. The Kier molecular flexibility index (Phi) is 5.44. The monoisotopic (exact) mass is 274 g/mol. The molecule has 98 valence electrons. The molecule has 0 fully saturated rings. The molecule has 1 aromatic rings. The van der Waals surface area contributed by atoms with Gasteiger partial charge in [0.05, 0.1) is 4.99 Å². The number of carbonyl (C=O) groups excluding carboxylic acids is 1. The van der Waals surface area contributed by atoms with Crippen molar-refractivity contribution in [2.45, 2.75) is 13.0 Å². The van der Waals surface area contributed by atoms with Crippen LogP contribution in [0.4, 0.5) is 8.78 Å². The van der Waals surface area contributed by atoms with Crippen LogP contribution in [0.5, 0.6) is 5.75 Å². The van der Waals surface area contributed by atoms with Crippen molar-refractivity contribution in [1.29, 1.82) is 0 Å². The minimum atomic E-state index is -2.88. The lowest BCUT2D eigenvalue weighted by atomic mass is 10.2. The number of rotatable bonds is 6. The number of benzene rings is 1. The van der Waals surface area contributed by atoms with E-state index in [2.05, 4.69) is 22.3 Å². The fourth-order valence-electron chi connectivity index (χ4n) is 1.19. The van der Waals surface area contributed by atoms with Gasteiger partial charge in [0.2, 0.25) is 0 Å². The highest BCUT2D eigenvalue weighted by Crippen LogP contribution is 2.14. The predicted octanol–water partition coefficient (Wildman–Crippen LogP) is 1.69. The molecule has 0 unspecified atom stereocenters. The molecule has 4 nitrogen and oxygen atoms in total. The second kappa shape index (κ2) is 6.85. The second-order valence-corrected chi connectivity index (χ2v) is 3.90. The number of thiocarbonyl (C=S) groups is 1. The summed E-state index contributed by atoms with van der Waals surface area (Å²) in [6.07, 6.45) is 0.410. The molecule has 18 heavy (non-hydrogen) atoms. The van der Waals surface area contributed by atoms with Crippen molar-refractivity contribution in [2.75, 3.05) is 6.54 Å². The lowest BCUT2D eigenvalue weighted by molar-refractivity contribution is -0.0498. The number of nitrogens with one attached hydrogen (secondary N) is 1. The van der Waals surface area contributed by atoms with Crippen LogP contribution in [-0.2, 0) is 0 Å². The van der Waals surface area contributed by atoms with Gasteiger partial charge in [-0.05, 0) is 24.3 Å². The molecule has 0 aromatic heterocycles.